The van der Waals surface area contributed by atoms with Crippen LogP contribution in [0.15, 0.2) is 12.4 Å². The number of likely N-dealkylation sites (N-methyl/N-ethyl adjacent to an activating group) is 1. The normalized spacial score (nSPS) is 29.0. The van der Waals surface area contributed by atoms with Crippen molar-refractivity contribution >= 4 is 0 Å². The molecule has 0 bridgehead atoms. The number of aliphatic hydroxyl groups excluding tert-OH is 2. The summed E-state index contributed by atoms with van der Waals surface area (Å²) in [4.78, 5) is 8.67. The molecular weight excluding hydrogens is 327 g/mol. The topological polar surface area (TPSA) is 78.7 Å². The number of aliphatic hydroxyl groups is 2. The molecule has 2 heterocycles. The maximum Gasteiger partial charge on any atom is 0.435 e. The monoisotopic (exact) mass is 349 g/mol. The Morgan fingerprint density at radius 3 is 2.54 bits per heavy atom. The van der Waals surface area contributed by atoms with Crippen molar-refractivity contribution in [3.05, 3.63) is 18.1 Å². The Kier molecular flexibility index (Phi) is 5.67. The number of halogens is 3. The number of ether oxygens (including phenoxy) is 1. The second kappa shape index (κ2) is 7.20. The lowest BCUT2D eigenvalue weighted by atomic mass is 9.89. The lowest BCUT2D eigenvalue weighted by molar-refractivity contribution is -0.143. The van der Waals surface area contributed by atoms with E-state index in [9.17, 15) is 23.4 Å². The first-order valence-corrected chi connectivity index (χ1v) is 7.72. The first kappa shape index (κ1) is 18.9. The molecule has 0 radical (unpaired) electrons. The summed E-state index contributed by atoms with van der Waals surface area (Å²) >= 11 is 0. The second-order valence-corrected chi connectivity index (χ2v) is 6.51. The Hall–Kier alpha value is -1.45. The summed E-state index contributed by atoms with van der Waals surface area (Å²) in [5, 5.41) is 20.6. The van der Waals surface area contributed by atoms with Crippen molar-refractivity contribution < 1.29 is 28.1 Å². The van der Waals surface area contributed by atoms with Crippen LogP contribution in [0.1, 0.15) is 26.0 Å². The van der Waals surface area contributed by atoms with Gasteiger partial charge in [0.1, 0.15) is 12.2 Å². The fourth-order valence-electron chi connectivity index (χ4n) is 2.84. The van der Waals surface area contributed by atoms with Crippen LogP contribution in [0, 0.1) is 5.92 Å². The number of alkyl halides is 3. The molecule has 1 saturated heterocycles. The highest BCUT2D eigenvalue weighted by Gasteiger charge is 2.42. The van der Waals surface area contributed by atoms with E-state index < -0.39 is 30.2 Å². The fraction of sp³-hybridized carbons (Fsp3) is 0.733. The third kappa shape index (κ3) is 4.34. The van der Waals surface area contributed by atoms with Gasteiger partial charge in [-0.3, -0.25) is 9.88 Å². The highest BCUT2D eigenvalue weighted by atomic mass is 19.4. The van der Waals surface area contributed by atoms with Gasteiger partial charge in [-0.25, -0.2) is 4.98 Å². The summed E-state index contributed by atoms with van der Waals surface area (Å²) in [6.07, 6.45) is -5.47. The van der Waals surface area contributed by atoms with E-state index in [2.05, 4.69) is 9.97 Å². The third-order valence-electron chi connectivity index (χ3n) is 4.05. The molecule has 1 aliphatic rings. The van der Waals surface area contributed by atoms with Crippen LogP contribution >= 0.6 is 0 Å². The second-order valence-electron chi connectivity index (χ2n) is 6.51. The zero-order valence-corrected chi connectivity index (χ0v) is 13.7. The molecule has 1 aromatic rings. The molecule has 0 spiro atoms. The van der Waals surface area contributed by atoms with Crippen molar-refractivity contribution in [2.45, 2.75) is 50.8 Å². The smallest absolute Gasteiger partial charge is 0.435 e. The molecule has 0 amide bonds. The van der Waals surface area contributed by atoms with Gasteiger partial charge < -0.3 is 14.9 Å². The lowest BCUT2D eigenvalue weighted by Crippen LogP contribution is -2.61. The minimum absolute atomic E-state index is 0.243. The SMILES string of the molecule is CC(C)C[C@@H]1[C@H](O)[C@H](O)[C@@H](Oc2cncc(C(F)(F)F)n2)CN1C. The molecule has 1 aromatic heterocycles. The van der Waals surface area contributed by atoms with Crippen LogP contribution < -0.4 is 4.74 Å². The van der Waals surface area contributed by atoms with Crippen LogP contribution in [-0.4, -0.2) is 63.0 Å². The molecule has 6 nitrogen and oxygen atoms in total. The molecule has 1 aliphatic heterocycles. The molecule has 0 aromatic carbocycles. The fourth-order valence-corrected chi connectivity index (χ4v) is 2.84. The van der Waals surface area contributed by atoms with Gasteiger partial charge in [0.25, 0.3) is 0 Å². The Labute approximate surface area is 138 Å². The first-order chi connectivity index (χ1) is 11.1. The molecule has 9 heteroatoms. The first-order valence-electron chi connectivity index (χ1n) is 7.72. The van der Waals surface area contributed by atoms with Gasteiger partial charge in [0.05, 0.1) is 18.5 Å². The minimum Gasteiger partial charge on any atom is -0.469 e. The summed E-state index contributed by atoms with van der Waals surface area (Å²) in [7, 11) is 1.77. The molecule has 0 unspecified atom stereocenters. The maximum atomic E-state index is 12.7. The van der Waals surface area contributed by atoms with Gasteiger partial charge in [0, 0.05) is 12.6 Å². The summed E-state index contributed by atoms with van der Waals surface area (Å²) in [5.41, 5.74) is -1.17. The van der Waals surface area contributed by atoms with Crippen molar-refractivity contribution in [3.8, 4) is 5.88 Å². The minimum atomic E-state index is -4.63. The van der Waals surface area contributed by atoms with E-state index in [0.29, 0.717) is 18.5 Å². The summed E-state index contributed by atoms with van der Waals surface area (Å²) in [5.74, 6) is -0.0112. The van der Waals surface area contributed by atoms with E-state index in [-0.39, 0.29) is 18.5 Å². The number of piperidine rings is 1. The lowest BCUT2D eigenvalue weighted by Gasteiger charge is -2.44. The van der Waals surface area contributed by atoms with Gasteiger partial charge in [0.15, 0.2) is 5.69 Å². The van der Waals surface area contributed by atoms with Crippen LogP contribution in [0.4, 0.5) is 13.2 Å². The summed E-state index contributed by atoms with van der Waals surface area (Å²) < 4.78 is 43.4. The molecule has 2 N–H and O–H groups in total. The number of likely N-dealkylation sites (tertiary alicyclic amines) is 1. The zero-order chi connectivity index (χ0) is 18.1. The van der Waals surface area contributed by atoms with Crippen molar-refractivity contribution in [2.75, 3.05) is 13.6 Å². The highest BCUT2D eigenvalue weighted by molar-refractivity contribution is 5.12. The van der Waals surface area contributed by atoms with E-state index in [1.165, 1.54) is 0 Å². The standard InChI is InChI=1S/C15H22F3N3O3/c1-8(2)4-9-13(22)14(23)10(7-21(9)3)24-12-6-19-5-11(20-12)15(16,17)18/h5-6,8-10,13-14,22-23H,4,7H2,1-3H3/t9-,10+,13+,14-/m1/s1. The number of hydrogen-bond donors (Lipinski definition) is 2. The highest BCUT2D eigenvalue weighted by Crippen LogP contribution is 2.29. The van der Waals surface area contributed by atoms with Crippen LogP contribution in [0.25, 0.3) is 0 Å². The van der Waals surface area contributed by atoms with E-state index in [1.54, 1.807) is 7.05 Å². The van der Waals surface area contributed by atoms with E-state index in [0.717, 1.165) is 6.20 Å². The molecular formula is C15H22F3N3O3. The summed E-state index contributed by atoms with van der Waals surface area (Å²) in [6.45, 7) is 4.27. The number of nitrogens with zero attached hydrogens (tertiary/aromatic N) is 3. The van der Waals surface area contributed by atoms with Crippen molar-refractivity contribution in [1.82, 2.24) is 14.9 Å². The van der Waals surface area contributed by atoms with Gasteiger partial charge in [-0.15, -0.1) is 0 Å². The van der Waals surface area contributed by atoms with Crippen LogP contribution in [0.3, 0.4) is 0 Å². The van der Waals surface area contributed by atoms with Crippen molar-refractivity contribution in [3.63, 3.8) is 0 Å². The van der Waals surface area contributed by atoms with Gasteiger partial charge >= 0.3 is 6.18 Å². The Balaban J connectivity index is 2.11. The van der Waals surface area contributed by atoms with Gasteiger partial charge in [0.2, 0.25) is 5.88 Å². The average molecular weight is 349 g/mol. The van der Waals surface area contributed by atoms with Gasteiger partial charge in [-0.1, -0.05) is 13.8 Å². The van der Waals surface area contributed by atoms with Crippen molar-refractivity contribution in [1.29, 1.82) is 0 Å². The molecule has 2 rings (SSSR count). The average Bonchev–Trinajstić information content (AvgIpc) is 2.48. The number of aromatic nitrogens is 2. The Morgan fingerprint density at radius 1 is 1.29 bits per heavy atom. The van der Waals surface area contributed by atoms with Gasteiger partial charge in [-0.2, -0.15) is 13.2 Å². The maximum absolute atomic E-state index is 12.7. The Morgan fingerprint density at radius 2 is 1.96 bits per heavy atom. The van der Waals surface area contributed by atoms with Gasteiger partial charge in [-0.05, 0) is 19.4 Å². The third-order valence-corrected chi connectivity index (χ3v) is 4.05. The van der Waals surface area contributed by atoms with E-state index >= 15 is 0 Å². The van der Waals surface area contributed by atoms with Crippen molar-refractivity contribution in [2.24, 2.45) is 5.92 Å². The quantitative estimate of drug-likeness (QED) is 0.854. The molecule has 1 fully saturated rings. The summed E-state index contributed by atoms with van der Waals surface area (Å²) in [6, 6.07) is -0.243. The number of hydrogen-bond acceptors (Lipinski definition) is 6. The Bertz CT molecular complexity index is 556. The van der Waals surface area contributed by atoms with E-state index in [1.807, 2.05) is 18.7 Å². The number of rotatable bonds is 4. The largest absolute Gasteiger partial charge is 0.469 e. The zero-order valence-electron chi connectivity index (χ0n) is 13.7. The predicted molar refractivity (Wildman–Crippen MR) is 79.3 cm³/mol. The molecule has 4 atom stereocenters. The molecule has 0 aliphatic carbocycles. The van der Waals surface area contributed by atoms with E-state index in [4.69, 9.17) is 4.74 Å². The van der Waals surface area contributed by atoms with Crippen LogP contribution in [-0.2, 0) is 6.18 Å². The van der Waals surface area contributed by atoms with Crippen LogP contribution in [0.5, 0.6) is 5.88 Å². The predicted octanol–water partition coefficient (Wildman–Crippen LogP) is 1.32. The molecule has 0 saturated carbocycles. The molecule has 24 heavy (non-hydrogen) atoms. The molecule has 136 valence electrons. The van der Waals surface area contributed by atoms with Crippen LogP contribution in [0.2, 0.25) is 0 Å².